The SMILES string of the molecule is CC(NC(=O)CN1C(=O)/C(=C/c2ccccc2)SC1=S)C(=O)O. The van der Waals surface area contributed by atoms with Gasteiger partial charge in [0.1, 0.15) is 16.9 Å². The molecule has 0 bridgehead atoms. The Labute approximate surface area is 142 Å². The summed E-state index contributed by atoms with van der Waals surface area (Å²) in [6.07, 6.45) is 1.71. The number of nitrogens with one attached hydrogen (secondary N) is 1. The van der Waals surface area contributed by atoms with Crippen LogP contribution >= 0.6 is 24.0 Å². The second-order valence-corrected chi connectivity index (χ2v) is 6.48. The highest BCUT2D eigenvalue weighted by Gasteiger charge is 2.33. The van der Waals surface area contributed by atoms with E-state index in [0.29, 0.717) is 4.91 Å². The predicted octanol–water partition coefficient (Wildman–Crippen LogP) is 1.48. The fourth-order valence-corrected chi connectivity index (χ4v) is 3.08. The zero-order chi connectivity index (χ0) is 17.0. The van der Waals surface area contributed by atoms with E-state index in [-0.39, 0.29) is 16.8 Å². The Balaban J connectivity index is 2.06. The van der Waals surface area contributed by atoms with Crippen LogP contribution in [0.1, 0.15) is 12.5 Å². The van der Waals surface area contributed by atoms with Crippen LogP contribution in [-0.2, 0) is 14.4 Å². The molecule has 6 nitrogen and oxygen atoms in total. The Morgan fingerprint density at radius 3 is 2.65 bits per heavy atom. The first-order chi connectivity index (χ1) is 10.9. The lowest BCUT2D eigenvalue weighted by molar-refractivity contribution is -0.141. The Kier molecular flexibility index (Phi) is 5.51. The third-order valence-electron chi connectivity index (χ3n) is 3.02. The van der Waals surface area contributed by atoms with Gasteiger partial charge < -0.3 is 10.4 Å². The minimum Gasteiger partial charge on any atom is -0.480 e. The summed E-state index contributed by atoms with van der Waals surface area (Å²) >= 11 is 6.24. The van der Waals surface area contributed by atoms with E-state index in [4.69, 9.17) is 17.3 Å². The van der Waals surface area contributed by atoms with E-state index in [1.165, 1.54) is 11.8 Å². The van der Waals surface area contributed by atoms with Crippen molar-refractivity contribution in [3.05, 3.63) is 40.8 Å². The normalized spacial score (nSPS) is 17.4. The molecule has 1 aromatic rings. The molecule has 0 spiro atoms. The number of rotatable bonds is 5. The summed E-state index contributed by atoms with van der Waals surface area (Å²) in [5.74, 6) is -2.08. The first kappa shape index (κ1) is 17.2. The highest BCUT2D eigenvalue weighted by molar-refractivity contribution is 8.26. The predicted molar refractivity (Wildman–Crippen MR) is 91.6 cm³/mol. The van der Waals surface area contributed by atoms with E-state index in [1.54, 1.807) is 6.08 Å². The summed E-state index contributed by atoms with van der Waals surface area (Å²) in [6, 6.07) is 8.26. The van der Waals surface area contributed by atoms with Crippen LogP contribution in [-0.4, -0.2) is 44.7 Å². The second kappa shape index (κ2) is 7.38. The number of carbonyl (C=O) groups is 3. The molecule has 1 atom stereocenters. The number of carboxylic acid groups (broad SMARTS) is 1. The molecule has 0 aromatic heterocycles. The number of benzene rings is 1. The number of aliphatic carboxylic acids is 1. The minimum absolute atomic E-state index is 0.273. The number of hydrogen-bond acceptors (Lipinski definition) is 5. The zero-order valence-electron chi connectivity index (χ0n) is 12.2. The van der Waals surface area contributed by atoms with Crippen LogP contribution in [0.4, 0.5) is 0 Å². The number of carboxylic acids is 1. The van der Waals surface area contributed by atoms with Crippen molar-refractivity contribution in [3.8, 4) is 0 Å². The van der Waals surface area contributed by atoms with Crippen molar-refractivity contribution < 1.29 is 19.5 Å². The molecule has 2 rings (SSSR count). The zero-order valence-corrected chi connectivity index (χ0v) is 13.8. The summed E-state index contributed by atoms with van der Waals surface area (Å²) in [4.78, 5) is 36.5. The largest absolute Gasteiger partial charge is 0.480 e. The van der Waals surface area contributed by atoms with Gasteiger partial charge in [0.2, 0.25) is 5.91 Å². The summed E-state index contributed by atoms with van der Waals surface area (Å²) < 4.78 is 0.273. The van der Waals surface area contributed by atoms with Crippen LogP contribution in [0.15, 0.2) is 35.2 Å². The quantitative estimate of drug-likeness (QED) is 0.618. The number of amides is 2. The van der Waals surface area contributed by atoms with Crippen LogP contribution in [0.3, 0.4) is 0 Å². The molecule has 0 radical (unpaired) electrons. The van der Waals surface area contributed by atoms with E-state index in [9.17, 15) is 14.4 Å². The molecule has 1 unspecified atom stereocenters. The van der Waals surface area contributed by atoms with Crippen LogP contribution in [0, 0.1) is 0 Å². The van der Waals surface area contributed by atoms with Crippen LogP contribution in [0.5, 0.6) is 0 Å². The first-order valence-electron chi connectivity index (χ1n) is 6.71. The Hall–Kier alpha value is -2.19. The number of carbonyl (C=O) groups excluding carboxylic acids is 2. The molecule has 2 N–H and O–H groups in total. The standard InChI is InChI=1S/C15H14N2O4S2/c1-9(14(20)21)16-12(18)8-17-13(19)11(23-15(17)22)7-10-5-3-2-4-6-10/h2-7,9H,8H2,1H3,(H,16,18)(H,20,21)/b11-7-. The molecule has 23 heavy (non-hydrogen) atoms. The third kappa shape index (κ3) is 4.40. The molecule has 0 saturated carbocycles. The van der Waals surface area contributed by atoms with E-state index < -0.39 is 17.9 Å². The van der Waals surface area contributed by atoms with Crippen LogP contribution in [0.2, 0.25) is 0 Å². The summed E-state index contributed by atoms with van der Waals surface area (Å²) in [5.41, 5.74) is 0.858. The third-order valence-corrected chi connectivity index (χ3v) is 4.40. The fraction of sp³-hybridized carbons (Fsp3) is 0.200. The number of hydrogen-bond donors (Lipinski definition) is 2. The van der Waals surface area contributed by atoms with Gasteiger partial charge in [0.25, 0.3) is 5.91 Å². The molecule has 1 aliphatic rings. The van der Waals surface area contributed by atoms with Crippen molar-refractivity contribution in [1.29, 1.82) is 0 Å². The van der Waals surface area contributed by atoms with Crippen LogP contribution < -0.4 is 5.32 Å². The van der Waals surface area contributed by atoms with E-state index in [2.05, 4.69) is 5.32 Å². The highest BCUT2D eigenvalue weighted by Crippen LogP contribution is 2.32. The second-order valence-electron chi connectivity index (χ2n) is 4.81. The van der Waals surface area contributed by atoms with Crippen molar-refractivity contribution in [1.82, 2.24) is 10.2 Å². The average Bonchev–Trinajstić information content (AvgIpc) is 2.75. The van der Waals surface area contributed by atoms with Crippen molar-refractivity contribution >= 4 is 52.2 Å². The van der Waals surface area contributed by atoms with Crippen molar-refractivity contribution in [2.24, 2.45) is 0 Å². The molecule has 8 heteroatoms. The van der Waals surface area contributed by atoms with Crippen LogP contribution in [0.25, 0.3) is 6.08 Å². The van der Waals surface area contributed by atoms with E-state index in [0.717, 1.165) is 17.3 Å². The smallest absolute Gasteiger partial charge is 0.325 e. The van der Waals surface area contributed by atoms with Gasteiger partial charge in [-0.1, -0.05) is 54.3 Å². The highest BCUT2D eigenvalue weighted by atomic mass is 32.2. The van der Waals surface area contributed by atoms with Gasteiger partial charge in [-0.25, -0.2) is 0 Å². The average molecular weight is 350 g/mol. The molecule has 1 aromatic carbocycles. The first-order valence-corrected chi connectivity index (χ1v) is 7.93. The maximum absolute atomic E-state index is 12.3. The van der Waals surface area contributed by atoms with Crippen molar-refractivity contribution in [2.45, 2.75) is 13.0 Å². The molecule has 1 heterocycles. The number of thiocarbonyl (C=S) groups is 1. The summed E-state index contributed by atoms with van der Waals surface area (Å²) in [5, 5.41) is 11.1. The summed E-state index contributed by atoms with van der Waals surface area (Å²) in [6.45, 7) is 1.05. The van der Waals surface area contributed by atoms with Gasteiger partial charge in [-0.2, -0.15) is 0 Å². The Morgan fingerprint density at radius 1 is 1.39 bits per heavy atom. The lowest BCUT2D eigenvalue weighted by atomic mass is 10.2. The number of thioether (sulfide) groups is 1. The molecule has 0 aliphatic carbocycles. The maximum atomic E-state index is 12.3. The molecule has 1 saturated heterocycles. The van der Waals surface area contributed by atoms with Gasteiger partial charge in [-0.3, -0.25) is 19.3 Å². The van der Waals surface area contributed by atoms with Gasteiger partial charge in [-0.15, -0.1) is 0 Å². The lowest BCUT2D eigenvalue weighted by Crippen LogP contribution is -2.45. The lowest BCUT2D eigenvalue weighted by Gasteiger charge is -2.15. The monoisotopic (exact) mass is 350 g/mol. The van der Waals surface area contributed by atoms with Gasteiger partial charge in [-0.05, 0) is 18.6 Å². The summed E-state index contributed by atoms with van der Waals surface area (Å²) in [7, 11) is 0. The van der Waals surface area contributed by atoms with E-state index in [1.807, 2.05) is 30.3 Å². The topological polar surface area (TPSA) is 86.7 Å². The Morgan fingerprint density at radius 2 is 2.04 bits per heavy atom. The molecule has 1 aliphatic heterocycles. The van der Waals surface area contributed by atoms with Crippen molar-refractivity contribution in [3.63, 3.8) is 0 Å². The molecule has 120 valence electrons. The number of nitrogens with zero attached hydrogens (tertiary/aromatic N) is 1. The molecule has 1 fully saturated rings. The van der Waals surface area contributed by atoms with Gasteiger partial charge in [0, 0.05) is 0 Å². The minimum atomic E-state index is -1.15. The van der Waals surface area contributed by atoms with Gasteiger partial charge >= 0.3 is 5.97 Å². The fourth-order valence-electron chi connectivity index (χ4n) is 1.83. The molecular weight excluding hydrogens is 336 g/mol. The molecular formula is C15H14N2O4S2. The van der Waals surface area contributed by atoms with E-state index >= 15 is 0 Å². The van der Waals surface area contributed by atoms with Crippen molar-refractivity contribution in [2.75, 3.05) is 6.54 Å². The van der Waals surface area contributed by atoms with Gasteiger partial charge in [0.05, 0.1) is 4.91 Å². The maximum Gasteiger partial charge on any atom is 0.325 e. The molecule has 2 amide bonds. The van der Waals surface area contributed by atoms with Gasteiger partial charge in [0.15, 0.2) is 0 Å². The Bertz CT molecular complexity index is 688.